The second-order valence-electron chi connectivity index (χ2n) is 9.30. The zero-order valence-corrected chi connectivity index (χ0v) is 17.5. The minimum atomic E-state index is -0.304. The summed E-state index contributed by atoms with van der Waals surface area (Å²) < 4.78 is 0. The molecule has 32 heavy (non-hydrogen) atoms. The summed E-state index contributed by atoms with van der Waals surface area (Å²) >= 11 is 0. The van der Waals surface area contributed by atoms with Crippen LogP contribution in [-0.4, -0.2) is 23.5 Å². The van der Waals surface area contributed by atoms with Gasteiger partial charge in [-0.3, -0.25) is 24.1 Å². The van der Waals surface area contributed by atoms with Crippen molar-refractivity contribution < 1.29 is 19.2 Å². The summed E-state index contributed by atoms with van der Waals surface area (Å²) in [5, 5.41) is 2.80. The van der Waals surface area contributed by atoms with E-state index in [-0.39, 0.29) is 47.2 Å². The van der Waals surface area contributed by atoms with Crippen LogP contribution in [0.1, 0.15) is 34.1 Å². The van der Waals surface area contributed by atoms with Crippen LogP contribution in [0.3, 0.4) is 0 Å². The molecular formula is C26H22N2O4. The van der Waals surface area contributed by atoms with Gasteiger partial charge in [0.25, 0.3) is 5.91 Å². The van der Waals surface area contributed by atoms with E-state index in [2.05, 4.69) is 17.5 Å². The summed E-state index contributed by atoms with van der Waals surface area (Å²) in [6, 6.07) is 13.3. The van der Waals surface area contributed by atoms with Gasteiger partial charge >= 0.3 is 0 Å². The van der Waals surface area contributed by atoms with Crippen molar-refractivity contribution >= 4 is 34.9 Å². The van der Waals surface area contributed by atoms with E-state index in [1.165, 1.54) is 11.8 Å². The van der Waals surface area contributed by atoms with Gasteiger partial charge in [-0.2, -0.15) is 0 Å². The van der Waals surface area contributed by atoms with Crippen LogP contribution in [0.4, 0.5) is 11.4 Å². The van der Waals surface area contributed by atoms with Crippen LogP contribution in [0.15, 0.2) is 60.7 Å². The Balaban J connectivity index is 1.19. The van der Waals surface area contributed by atoms with E-state index in [1.807, 2.05) is 0 Å². The fraction of sp³-hybridized carbons (Fsp3) is 0.308. The SMILES string of the molecule is CC(=O)c1ccc(NC(=O)c2ccc(N3C(=O)[C@H]4[C@@H]5C=C[C@@H]([C@H]6C[C@H]56)[C@@H]4C3=O)cc2)cc1. The quantitative estimate of drug-likeness (QED) is 0.459. The Morgan fingerprint density at radius 2 is 1.34 bits per heavy atom. The number of hydrogen-bond donors (Lipinski definition) is 1. The number of nitrogens with zero attached hydrogens (tertiary/aromatic N) is 1. The molecular weight excluding hydrogens is 404 g/mol. The van der Waals surface area contributed by atoms with Crippen molar-refractivity contribution in [1.29, 1.82) is 0 Å². The van der Waals surface area contributed by atoms with E-state index in [4.69, 9.17) is 0 Å². The molecule has 2 aromatic carbocycles. The summed E-state index contributed by atoms with van der Waals surface area (Å²) in [5.74, 6) is 0.500. The number of hydrogen-bond acceptors (Lipinski definition) is 4. The maximum atomic E-state index is 13.2. The van der Waals surface area contributed by atoms with Crippen molar-refractivity contribution in [3.05, 3.63) is 71.8 Å². The van der Waals surface area contributed by atoms with Crippen molar-refractivity contribution in [3.8, 4) is 0 Å². The highest BCUT2D eigenvalue weighted by Gasteiger charge is 2.67. The number of carbonyl (C=O) groups is 4. The molecule has 1 heterocycles. The Hall–Kier alpha value is -3.54. The van der Waals surface area contributed by atoms with Gasteiger partial charge in [-0.25, -0.2) is 0 Å². The summed E-state index contributed by atoms with van der Waals surface area (Å²) in [7, 11) is 0. The zero-order valence-electron chi connectivity index (χ0n) is 17.5. The van der Waals surface area contributed by atoms with Gasteiger partial charge < -0.3 is 5.32 Å². The number of rotatable bonds is 4. The topological polar surface area (TPSA) is 83.6 Å². The standard InChI is InChI=1S/C26H22N2O4/c1-13(29)14-2-6-16(7-3-14)27-24(30)15-4-8-17(9-5-15)28-25(31)22-18-10-11-19(21-12-20(18)21)23(22)26(28)32/h2-11,18-23H,12H2,1H3,(H,27,30)/t18-,19+,20-,21-,22+,23+/m1/s1. The molecule has 0 radical (unpaired) electrons. The second-order valence-corrected chi connectivity index (χ2v) is 9.30. The smallest absolute Gasteiger partial charge is 0.255 e. The van der Waals surface area contributed by atoms with E-state index >= 15 is 0 Å². The van der Waals surface area contributed by atoms with Crippen LogP contribution >= 0.6 is 0 Å². The number of nitrogens with one attached hydrogen (secondary N) is 1. The number of allylic oxidation sites excluding steroid dienone is 2. The van der Waals surface area contributed by atoms with Gasteiger partial charge in [0.2, 0.25) is 11.8 Å². The van der Waals surface area contributed by atoms with Crippen LogP contribution in [-0.2, 0) is 9.59 Å². The number of Topliss-reactive ketones (excluding diaryl/α,β-unsaturated/α-hetero) is 1. The molecule has 1 aliphatic heterocycles. The molecule has 0 spiro atoms. The molecule has 6 nitrogen and oxygen atoms in total. The Bertz CT molecular complexity index is 1160. The van der Waals surface area contributed by atoms with Crippen LogP contribution in [0.25, 0.3) is 0 Å². The summed E-state index contributed by atoms with van der Waals surface area (Å²) in [4.78, 5) is 51.7. The predicted molar refractivity (Wildman–Crippen MR) is 118 cm³/mol. The van der Waals surface area contributed by atoms with Crippen LogP contribution in [0, 0.1) is 35.5 Å². The Morgan fingerprint density at radius 3 is 1.88 bits per heavy atom. The number of imide groups is 1. The summed E-state index contributed by atoms with van der Waals surface area (Å²) in [6.45, 7) is 1.49. The van der Waals surface area contributed by atoms with Gasteiger partial charge in [-0.1, -0.05) is 12.2 Å². The molecule has 7 rings (SSSR count). The van der Waals surface area contributed by atoms with Crippen molar-refractivity contribution in [2.24, 2.45) is 35.5 Å². The molecule has 6 heteroatoms. The largest absolute Gasteiger partial charge is 0.322 e. The fourth-order valence-corrected chi connectivity index (χ4v) is 5.96. The van der Waals surface area contributed by atoms with E-state index < -0.39 is 0 Å². The van der Waals surface area contributed by atoms with Crippen LogP contribution < -0.4 is 10.2 Å². The third-order valence-corrected chi connectivity index (χ3v) is 7.60. The maximum absolute atomic E-state index is 13.2. The number of benzene rings is 2. The Labute approximate surface area is 185 Å². The van der Waals surface area contributed by atoms with Crippen molar-refractivity contribution in [3.63, 3.8) is 0 Å². The monoisotopic (exact) mass is 426 g/mol. The van der Waals surface area contributed by atoms with Crippen LogP contribution in [0.2, 0.25) is 0 Å². The minimum Gasteiger partial charge on any atom is -0.322 e. The highest BCUT2D eigenvalue weighted by molar-refractivity contribution is 6.22. The summed E-state index contributed by atoms with van der Waals surface area (Å²) in [5.41, 5.74) is 2.10. The van der Waals surface area contributed by atoms with E-state index in [9.17, 15) is 19.2 Å². The van der Waals surface area contributed by atoms with Crippen LogP contribution in [0.5, 0.6) is 0 Å². The number of anilines is 2. The Kier molecular flexibility index (Phi) is 4.03. The number of amides is 3. The molecule has 5 aliphatic rings. The molecule has 4 aliphatic carbocycles. The first-order valence-corrected chi connectivity index (χ1v) is 11.0. The van der Waals surface area contributed by atoms with Gasteiger partial charge in [-0.05, 0) is 85.5 Å². The molecule has 1 N–H and O–H groups in total. The average Bonchev–Trinajstić information content (AvgIpc) is 3.58. The average molecular weight is 426 g/mol. The fourth-order valence-electron chi connectivity index (χ4n) is 5.96. The number of carbonyl (C=O) groups excluding carboxylic acids is 4. The van der Waals surface area contributed by atoms with E-state index in [0.29, 0.717) is 34.3 Å². The van der Waals surface area contributed by atoms with Gasteiger partial charge in [0, 0.05) is 16.8 Å². The lowest BCUT2D eigenvalue weighted by atomic mass is 9.63. The van der Waals surface area contributed by atoms with Crippen molar-refractivity contribution in [2.45, 2.75) is 13.3 Å². The van der Waals surface area contributed by atoms with Gasteiger partial charge in [-0.15, -0.1) is 0 Å². The van der Waals surface area contributed by atoms with Gasteiger partial charge in [0.1, 0.15) is 0 Å². The van der Waals surface area contributed by atoms with Gasteiger partial charge in [0.05, 0.1) is 17.5 Å². The normalized spacial score (nSPS) is 31.3. The predicted octanol–water partition coefficient (Wildman–Crippen LogP) is 3.70. The lowest BCUT2D eigenvalue weighted by molar-refractivity contribution is -0.124. The highest BCUT2D eigenvalue weighted by Crippen LogP contribution is 2.65. The third kappa shape index (κ3) is 2.72. The molecule has 3 fully saturated rings. The van der Waals surface area contributed by atoms with Crippen molar-refractivity contribution in [1.82, 2.24) is 0 Å². The van der Waals surface area contributed by atoms with Crippen molar-refractivity contribution in [2.75, 3.05) is 10.2 Å². The molecule has 2 bridgehead atoms. The molecule has 0 unspecified atom stereocenters. The van der Waals surface area contributed by atoms with Gasteiger partial charge in [0.15, 0.2) is 5.78 Å². The summed E-state index contributed by atoms with van der Waals surface area (Å²) in [6.07, 6.45) is 5.45. The molecule has 0 aromatic heterocycles. The minimum absolute atomic E-state index is 0.0369. The number of ketones is 1. The van der Waals surface area contributed by atoms with E-state index in [1.54, 1.807) is 48.5 Å². The third-order valence-electron chi connectivity index (χ3n) is 7.60. The molecule has 1 saturated heterocycles. The molecule has 6 atom stereocenters. The van der Waals surface area contributed by atoms with E-state index in [0.717, 1.165) is 6.42 Å². The first kappa shape index (κ1) is 19.2. The Morgan fingerprint density at radius 1 is 0.812 bits per heavy atom. The highest BCUT2D eigenvalue weighted by atomic mass is 16.2. The lowest BCUT2D eigenvalue weighted by Crippen LogP contribution is -2.40. The lowest BCUT2D eigenvalue weighted by Gasteiger charge is -2.37. The molecule has 2 saturated carbocycles. The molecule has 160 valence electrons. The first-order valence-electron chi connectivity index (χ1n) is 11.0. The molecule has 2 aromatic rings. The second kappa shape index (κ2) is 6.73. The first-order chi connectivity index (χ1) is 15.4. The zero-order chi connectivity index (χ0) is 22.1. The maximum Gasteiger partial charge on any atom is 0.255 e. The molecule has 3 amide bonds.